The van der Waals surface area contributed by atoms with E-state index >= 15 is 0 Å². The number of H-pyrrole nitrogens is 1. The predicted molar refractivity (Wildman–Crippen MR) is 85.4 cm³/mol. The number of carbonyl (C=O) groups excluding carboxylic acids is 1. The van der Waals surface area contributed by atoms with Crippen molar-refractivity contribution in [3.05, 3.63) is 60.3 Å². The van der Waals surface area contributed by atoms with E-state index < -0.39 is 6.10 Å². The summed E-state index contributed by atoms with van der Waals surface area (Å²) in [6.07, 6.45) is 1.18. The summed E-state index contributed by atoms with van der Waals surface area (Å²) in [4.78, 5) is 12.2. The quantitative estimate of drug-likeness (QED) is 0.760. The summed E-state index contributed by atoms with van der Waals surface area (Å²) in [5, 5.41) is 10.7. The highest BCUT2D eigenvalue weighted by Gasteiger charge is 2.15. The van der Waals surface area contributed by atoms with Crippen LogP contribution in [0.5, 0.6) is 0 Å². The number of aromatic nitrogens is 2. The highest BCUT2D eigenvalue weighted by atomic mass is 16.5. The van der Waals surface area contributed by atoms with Crippen molar-refractivity contribution < 1.29 is 9.53 Å². The van der Waals surface area contributed by atoms with Crippen molar-refractivity contribution in [2.45, 2.75) is 19.6 Å². The molecule has 0 unspecified atom stereocenters. The Bertz CT molecular complexity index is 768. The van der Waals surface area contributed by atoms with E-state index in [0.717, 1.165) is 16.5 Å². The molecule has 3 rings (SSSR count). The van der Waals surface area contributed by atoms with E-state index in [1.807, 2.05) is 48.5 Å². The molecule has 0 bridgehead atoms. The molecule has 2 N–H and O–H groups in total. The molecule has 1 aromatic heterocycles. The van der Waals surface area contributed by atoms with Crippen LogP contribution in [-0.4, -0.2) is 22.2 Å². The van der Waals surface area contributed by atoms with Crippen LogP contribution in [0.15, 0.2) is 54.7 Å². The van der Waals surface area contributed by atoms with E-state index in [1.165, 1.54) is 0 Å². The molecule has 5 nitrogen and oxygen atoms in total. The number of hydrogen-bond acceptors (Lipinski definition) is 3. The number of anilines is 1. The van der Waals surface area contributed by atoms with Crippen molar-refractivity contribution in [3.63, 3.8) is 0 Å². The van der Waals surface area contributed by atoms with Gasteiger partial charge in [0, 0.05) is 5.39 Å². The van der Waals surface area contributed by atoms with Crippen LogP contribution in [0, 0.1) is 0 Å². The lowest BCUT2D eigenvalue weighted by atomic mass is 10.2. The Labute approximate surface area is 128 Å². The van der Waals surface area contributed by atoms with E-state index in [1.54, 1.807) is 13.1 Å². The minimum atomic E-state index is -0.543. The molecule has 0 aliphatic rings. The van der Waals surface area contributed by atoms with Gasteiger partial charge >= 0.3 is 0 Å². The molecule has 0 saturated heterocycles. The molecule has 0 saturated carbocycles. The summed E-state index contributed by atoms with van der Waals surface area (Å²) in [6, 6.07) is 15.4. The topological polar surface area (TPSA) is 67.0 Å². The summed E-state index contributed by atoms with van der Waals surface area (Å²) >= 11 is 0. The number of rotatable bonds is 5. The third kappa shape index (κ3) is 3.15. The molecule has 112 valence electrons. The first-order valence-corrected chi connectivity index (χ1v) is 7.12. The summed E-state index contributed by atoms with van der Waals surface area (Å²) in [5.74, 6) is -0.182. The van der Waals surface area contributed by atoms with Crippen LogP contribution in [-0.2, 0) is 16.1 Å². The number of nitrogens with zero attached hydrogens (tertiary/aromatic N) is 1. The van der Waals surface area contributed by atoms with Crippen molar-refractivity contribution in [2.24, 2.45) is 0 Å². The molecule has 0 aliphatic carbocycles. The molecule has 1 amide bonds. The van der Waals surface area contributed by atoms with Gasteiger partial charge in [0.1, 0.15) is 6.10 Å². The predicted octanol–water partition coefficient (Wildman–Crippen LogP) is 3.11. The third-order valence-electron chi connectivity index (χ3n) is 3.45. The van der Waals surface area contributed by atoms with Crippen LogP contribution in [0.25, 0.3) is 10.9 Å². The number of aromatic amines is 1. The Hall–Kier alpha value is -2.66. The first-order chi connectivity index (χ1) is 10.7. The van der Waals surface area contributed by atoms with Crippen LogP contribution in [0.1, 0.15) is 12.5 Å². The largest absolute Gasteiger partial charge is 0.364 e. The van der Waals surface area contributed by atoms with Crippen LogP contribution >= 0.6 is 0 Å². The van der Waals surface area contributed by atoms with Gasteiger partial charge < -0.3 is 10.1 Å². The zero-order chi connectivity index (χ0) is 15.4. The zero-order valence-corrected chi connectivity index (χ0v) is 12.2. The Balaban J connectivity index is 1.63. The van der Waals surface area contributed by atoms with E-state index in [0.29, 0.717) is 12.3 Å². The maximum Gasteiger partial charge on any atom is 0.253 e. The van der Waals surface area contributed by atoms with Gasteiger partial charge in [-0.3, -0.25) is 9.89 Å². The van der Waals surface area contributed by atoms with Gasteiger partial charge in [0.05, 0.1) is 24.0 Å². The lowest BCUT2D eigenvalue weighted by Crippen LogP contribution is -2.27. The number of carbonyl (C=O) groups is 1. The first kappa shape index (κ1) is 14.3. The lowest BCUT2D eigenvalue weighted by Gasteiger charge is -2.14. The molecular weight excluding hydrogens is 278 g/mol. The van der Waals surface area contributed by atoms with Gasteiger partial charge in [0.25, 0.3) is 5.91 Å². The Kier molecular flexibility index (Phi) is 4.16. The van der Waals surface area contributed by atoms with Gasteiger partial charge in [0.15, 0.2) is 0 Å². The van der Waals surface area contributed by atoms with Crippen LogP contribution in [0.4, 0.5) is 5.69 Å². The van der Waals surface area contributed by atoms with Crippen molar-refractivity contribution in [1.29, 1.82) is 0 Å². The fraction of sp³-hybridized carbons (Fsp3) is 0.176. The Morgan fingerprint density at radius 3 is 2.86 bits per heavy atom. The summed E-state index contributed by atoms with van der Waals surface area (Å²) in [5.41, 5.74) is 2.55. The summed E-state index contributed by atoms with van der Waals surface area (Å²) in [6.45, 7) is 2.15. The number of nitrogens with one attached hydrogen (secondary N) is 2. The van der Waals surface area contributed by atoms with E-state index in [2.05, 4.69) is 15.5 Å². The van der Waals surface area contributed by atoms with Gasteiger partial charge in [-0.1, -0.05) is 42.5 Å². The van der Waals surface area contributed by atoms with E-state index in [4.69, 9.17) is 4.74 Å². The van der Waals surface area contributed by atoms with Crippen LogP contribution < -0.4 is 5.32 Å². The number of hydrogen-bond donors (Lipinski definition) is 2. The molecule has 1 atom stereocenters. The van der Waals surface area contributed by atoms with Crippen LogP contribution in [0.2, 0.25) is 0 Å². The average molecular weight is 295 g/mol. The molecule has 5 heteroatoms. The fourth-order valence-electron chi connectivity index (χ4n) is 2.18. The number of benzene rings is 2. The second kappa shape index (κ2) is 6.41. The van der Waals surface area contributed by atoms with Crippen molar-refractivity contribution in [2.75, 3.05) is 5.32 Å². The maximum atomic E-state index is 12.2. The average Bonchev–Trinajstić information content (AvgIpc) is 3.03. The number of para-hydroxylation sites is 1. The molecule has 2 aromatic carbocycles. The second-order valence-electron chi connectivity index (χ2n) is 5.07. The normalized spacial score (nSPS) is 12.2. The number of fused-ring (bicyclic) bond motifs is 1. The minimum absolute atomic E-state index is 0.182. The molecule has 0 fully saturated rings. The highest BCUT2D eigenvalue weighted by Crippen LogP contribution is 2.20. The molecule has 0 radical (unpaired) electrons. The first-order valence-electron chi connectivity index (χ1n) is 7.12. The zero-order valence-electron chi connectivity index (χ0n) is 12.2. The monoisotopic (exact) mass is 295 g/mol. The number of amides is 1. The van der Waals surface area contributed by atoms with E-state index in [9.17, 15) is 4.79 Å². The standard InChI is InChI=1S/C17H17N3O2/c1-12(22-11-13-6-3-2-4-7-13)17(21)19-15-9-5-8-14-10-18-20-16(14)15/h2-10,12H,11H2,1H3,(H,18,20)(H,19,21)/t12-/m0/s1. The molecular formula is C17H17N3O2. The van der Waals surface area contributed by atoms with Crippen molar-refractivity contribution in [1.82, 2.24) is 10.2 Å². The molecule has 3 aromatic rings. The molecule has 0 spiro atoms. The van der Waals surface area contributed by atoms with Crippen molar-refractivity contribution >= 4 is 22.5 Å². The van der Waals surface area contributed by atoms with Gasteiger partial charge in [-0.05, 0) is 18.6 Å². The molecule has 0 aliphatic heterocycles. The van der Waals surface area contributed by atoms with Crippen LogP contribution in [0.3, 0.4) is 0 Å². The SMILES string of the molecule is C[C@H](OCc1ccccc1)C(=O)Nc1cccc2cn[nH]c12. The van der Waals surface area contributed by atoms with Gasteiger partial charge in [-0.15, -0.1) is 0 Å². The summed E-state index contributed by atoms with van der Waals surface area (Å²) < 4.78 is 5.62. The Morgan fingerprint density at radius 2 is 2.05 bits per heavy atom. The Morgan fingerprint density at radius 1 is 1.23 bits per heavy atom. The third-order valence-corrected chi connectivity index (χ3v) is 3.45. The lowest BCUT2D eigenvalue weighted by molar-refractivity contribution is -0.127. The van der Waals surface area contributed by atoms with Gasteiger partial charge in [-0.2, -0.15) is 5.10 Å². The van der Waals surface area contributed by atoms with E-state index in [-0.39, 0.29) is 5.91 Å². The van der Waals surface area contributed by atoms with Gasteiger partial charge in [0.2, 0.25) is 0 Å². The maximum absolute atomic E-state index is 12.2. The minimum Gasteiger partial charge on any atom is -0.364 e. The number of ether oxygens (including phenoxy) is 1. The smallest absolute Gasteiger partial charge is 0.253 e. The summed E-state index contributed by atoms with van der Waals surface area (Å²) in [7, 11) is 0. The second-order valence-corrected chi connectivity index (χ2v) is 5.07. The highest BCUT2D eigenvalue weighted by molar-refractivity contribution is 6.01. The fourth-order valence-corrected chi connectivity index (χ4v) is 2.18. The molecule has 1 heterocycles. The van der Waals surface area contributed by atoms with Gasteiger partial charge in [-0.25, -0.2) is 0 Å². The molecule has 22 heavy (non-hydrogen) atoms. The van der Waals surface area contributed by atoms with Crippen molar-refractivity contribution in [3.8, 4) is 0 Å².